The summed E-state index contributed by atoms with van der Waals surface area (Å²) in [6.07, 6.45) is 0.826. The number of halogens is 1. The van der Waals surface area contributed by atoms with Crippen LogP contribution < -0.4 is 9.47 Å². The third-order valence-corrected chi connectivity index (χ3v) is 5.50. The molecule has 0 aliphatic carbocycles. The van der Waals surface area contributed by atoms with Crippen molar-refractivity contribution in [3.8, 4) is 11.5 Å². The number of ether oxygens (including phenoxy) is 2. The minimum Gasteiger partial charge on any atom is -0.493 e. The van der Waals surface area contributed by atoms with Crippen LogP contribution in [0.25, 0.3) is 0 Å². The van der Waals surface area contributed by atoms with E-state index in [2.05, 4.69) is 0 Å². The molecule has 2 aromatic carbocycles. The monoisotopic (exact) mass is 377 g/mol. The van der Waals surface area contributed by atoms with Crippen molar-refractivity contribution in [3.63, 3.8) is 0 Å². The number of amides is 1. The third-order valence-electron chi connectivity index (χ3n) is 4.25. The van der Waals surface area contributed by atoms with E-state index in [9.17, 15) is 4.79 Å². The van der Waals surface area contributed by atoms with Crippen LogP contribution in [0.4, 0.5) is 0 Å². The Morgan fingerprint density at radius 2 is 1.76 bits per heavy atom. The molecular weight excluding hydrogens is 358 g/mol. The van der Waals surface area contributed by atoms with Crippen LogP contribution in [0.5, 0.6) is 11.5 Å². The van der Waals surface area contributed by atoms with Crippen molar-refractivity contribution >= 4 is 29.3 Å². The van der Waals surface area contributed by atoms with Gasteiger partial charge in [-0.05, 0) is 53.9 Å². The summed E-state index contributed by atoms with van der Waals surface area (Å²) < 4.78 is 10.7. The molecular formula is C19H20ClNO3S. The summed E-state index contributed by atoms with van der Waals surface area (Å²) in [5, 5.41) is 0.702. The highest BCUT2D eigenvalue weighted by molar-refractivity contribution is 8.00. The molecule has 1 aliphatic heterocycles. The second-order valence-corrected chi connectivity index (χ2v) is 7.27. The lowest BCUT2D eigenvalue weighted by atomic mass is 9.99. The summed E-state index contributed by atoms with van der Waals surface area (Å²) in [6.45, 7) is 1.33. The van der Waals surface area contributed by atoms with Gasteiger partial charge in [-0.25, -0.2) is 0 Å². The summed E-state index contributed by atoms with van der Waals surface area (Å²) in [7, 11) is 3.26. The molecule has 2 aromatic rings. The fourth-order valence-corrected chi connectivity index (χ4v) is 3.79. The lowest BCUT2D eigenvalue weighted by molar-refractivity contribution is -0.129. The van der Waals surface area contributed by atoms with Crippen LogP contribution in [0, 0.1) is 0 Å². The van der Waals surface area contributed by atoms with Gasteiger partial charge in [-0.15, -0.1) is 11.8 Å². The first-order valence-corrected chi connectivity index (χ1v) is 9.37. The zero-order valence-electron chi connectivity index (χ0n) is 14.3. The van der Waals surface area contributed by atoms with Crippen molar-refractivity contribution < 1.29 is 14.3 Å². The number of benzene rings is 2. The van der Waals surface area contributed by atoms with E-state index in [1.807, 2.05) is 41.3 Å². The Balaban J connectivity index is 1.65. The van der Waals surface area contributed by atoms with E-state index in [1.165, 1.54) is 17.3 Å². The Hall–Kier alpha value is -1.85. The average molecular weight is 378 g/mol. The third kappa shape index (κ3) is 4.22. The van der Waals surface area contributed by atoms with Crippen LogP contribution in [0.1, 0.15) is 11.1 Å². The molecule has 0 spiro atoms. The SMILES string of the molecule is COc1cc2c(cc1OC)CN(C(=O)CSc1ccc(Cl)cc1)CC2. The first kappa shape index (κ1) is 18.0. The number of nitrogens with zero attached hydrogens (tertiary/aromatic N) is 1. The topological polar surface area (TPSA) is 38.8 Å². The molecule has 132 valence electrons. The van der Waals surface area contributed by atoms with Gasteiger partial charge in [-0.1, -0.05) is 11.6 Å². The van der Waals surface area contributed by atoms with Gasteiger partial charge in [0.2, 0.25) is 5.91 Å². The summed E-state index contributed by atoms with van der Waals surface area (Å²) in [6, 6.07) is 11.5. The van der Waals surface area contributed by atoms with E-state index in [0.29, 0.717) is 23.1 Å². The van der Waals surface area contributed by atoms with E-state index in [4.69, 9.17) is 21.1 Å². The highest BCUT2D eigenvalue weighted by atomic mass is 35.5. The van der Waals surface area contributed by atoms with Crippen molar-refractivity contribution in [1.82, 2.24) is 4.90 Å². The van der Waals surface area contributed by atoms with Gasteiger partial charge in [0, 0.05) is 23.0 Å². The second kappa shape index (κ2) is 8.02. The van der Waals surface area contributed by atoms with Crippen LogP contribution >= 0.6 is 23.4 Å². The van der Waals surface area contributed by atoms with E-state index in [-0.39, 0.29) is 5.91 Å². The van der Waals surface area contributed by atoms with Gasteiger partial charge >= 0.3 is 0 Å². The van der Waals surface area contributed by atoms with E-state index >= 15 is 0 Å². The Morgan fingerprint density at radius 1 is 1.12 bits per heavy atom. The maximum absolute atomic E-state index is 12.5. The number of carbonyl (C=O) groups is 1. The summed E-state index contributed by atoms with van der Waals surface area (Å²) in [5.74, 6) is 2.00. The first-order chi connectivity index (χ1) is 12.1. The predicted octanol–water partition coefficient (Wildman–Crippen LogP) is 4.03. The summed E-state index contributed by atoms with van der Waals surface area (Å²) in [5.41, 5.74) is 2.33. The molecule has 0 N–H and O–H groups in total. The molecule has 0 unspecified atom stereocenters. The zero-order chi connectivity index (χ0) is 17.8. The molecule has 0 aromatic heterocycles. The number of hydrogen-bond acceptors (Lipinski definition) is 4. The van der Waals surface area contributed by atoms with Crippen molar-refractivity contribution in [2.75, 3.05) is 26.5 Å². The van der Waals surface area contributed by atoms with E-state index < -0.39 is 0 Å². The Labute approximate surface area is 157 Å². The second-order valence-electron chi connectivity index (χ2n) is 5.78. The summed E-state index contributed by atoms with van der Waals surface area (Å²) in [4.78, 5) is 15.5. The van der Waals surface area contributed by atoms with Crippen LogP contribution in [0.15, 0.2) is 41.3 Å². The van der Waals surface area contributed by atoms with Crippen LogP contribution in [0.3, 0.4) is 0 Å². The molecule has 1 heterocycles. The predicted molar refractivity (Wildman–Crippen MR) is 101 cm³/mol. The Morgan fingerprint density at radius 3 is 2.40 bits per heavy atom. The normalized spacial score (nSPS) is 13.3. The molecule has 1 amide bonds. The van der Waals surface area contributed by atoms with Gasteiger partial charge in [0.1, 0.15) is 0 Å². The zero-order valence-corrected chi connectivity index (χ0v) is 15.8. The molecule has 0 saturated heterocycles. The Bertz CT molecular complexity index is 764. The smallest absolute Gasteiger partial charge is 0.233 e. The number of rotatable bonds is 5. The van der Waals surface area contributed by atoms with Crippen LogP contribution in [0.2, 0.25) is 5.02 Å². The molecule has 0 saturated carbocycles. The molecule has 3 rings (SSSR count). The highest BCUT2D eigenvalue weighted by Gasteiger charge is 2.22. The average Bonchev–Trinajstić information content (AvgIpc) is 2.65. The number of fused-ring (bicyclic) bond motifs is 1. The molecule has 4 nitrogen and oxygen atoms in total. The van der Waals surface area contributed by atoms with Crippen LogP contribution in [-0.2, 0) is 17.8 Å². The van der Waals surface area contributed by atoms with E-state index in [1.54, 1.807) is 14.2 Å². The molecule has 0 radical (unpaired) electrons. The highest BCUT2D eigenvalue weighted by Crippen LogP contribution is 2.33. The minimum absolute atomic E-state index is 0.139. The number of carbonyl (C=O) groups excluding carboxylic acids is 1. The lowest BCUT2D eigenvalue weighted by Gasteiger charge is -2.29. The fourth-order valence-electron chi connectivity index (χ4n) is 2.86. The van der Waals surface area contributed by atoms with Gasteiger partial charge in [-0.2, -0.15) is 0 Å². The number of methoxy groups -OCH3 is 2. The quantitative estimate of drug-likeness (QED) is 0.737. The standard InChI is InChI=1S/C19H20ClNO3S/c1-23-17-9-13-7-8-21(11-14(13)10-18(17)24-2)19(22)12-25-16-5-3-15(20)4-6-16/h3-6,9-10H,7-8,11-12H2,1-2H3. The molecule has 1 aliphatic rings. The van der Waals surface area contributed by atoms with Crippen molar-refractivity contribution in [3.05, 3.63) is 52.5 Å². The van der Waals surface area contributed by atoms with Gasteiger partial charge in [0.25, 0.3) is 0 Å². The van der Waals surface area contributed by atoms with Crippen molar-refractivity contribution in [2.45, 2.75) is 17.9 Å². The fraction of sp³-hybridized carbons (Fsp3) is 0.316. The summed E-state index contributed by atoms with van der Waals surface area (Å²) >= 11 is 7.42. The van der Waals surface area contributed by atoms with Crippen molar-refractivity contribution in [2.24, 2.45) is 0 Å². The van der Waals surface area contributed by atoms with Gasteiger partial charge in [-0.3, -0.25) is 4.79 Å². The molecule has 0 fully saturated rings. The number of thioether (sulfide) groups is 1. The first-order valence-electron chi connectivity index (χ1n) is 8.00. The largest absolute Gasteiger partial charge is 0.493 e. The van der Waals surface area contributed by atoms with Gasteiger partial charge < -0.3 is 14.4 Å². The van der Waals surface area contributed by atoms with Crippen LogP contribution in [-0.4, -0.2) is 37.3 Å². The van der Waals surface area contributed by atoms with Gasteiger partial charge in [0.15, 0.2) is 11.5 Å². The molecule has 25 heavy (non-hydrogen) atoms. The molecule has 6 heteroatoms. The minimum atomic E-state index is 0.139. The van der Waals surface area contributed by atoms with Crippen molar-refractivity contribution in [1.29, 1.82) is 0 Å². The van der Waals surface area contributed by atoms with E-state index in [0.717, 1.165) is 29.2 Å². The maximum Gasteiger partial charge on any atom is 0.233 e. The maximum atomic E-state index is 12.5. The number of hydrogen-bond donors (Lipinski definition) is 0. The Kier molecular flexibility index (Phi) is 5.76. The molecule has 0 atom stereocenters. The lowest BCUT2D eigenvalue weighted by Crippen LogP contribution is -2.37. The molecule has 0 bridgehead atoms. The van der Waals surface area contributed by atoms with Gasteiger partial charge in [0.05, 0.1) is 20.0 Å².